The molecule has 0 fully saturated rings. The van der Waals surface area contributed by atoms with Gasteiger partial charge in [-0.15, -0.1) is 5.10 Å². The van der Waals surface area contributed by atoms with E-state index in [9.17, 15) is 18.4 Å². The minimum atomic E-state index is -0.372. The predicted molar refractivity (Wildman–Crippen MR) is 138 cm³/mol. The Labute approximate surface area is 219 Å². The number of esters is 1. The zero-order valence-corrected chi connectivity index (χ0v) is 21.0. The first-order valence-corrected chi connectivity index (χ1v) is 12.6. The van der Waals surface area contributed by atoms with E-state index in [1.165, 1.54) is 36.9 Å². The van der Waals surface area contributed by atoms with Crippen molar-refractivity contribution < 1.29 is 23.1 Å². The molecule has 0 spiro atoms. The number of carbonyl (C=O) groups is 2. The Hall–Kier alpha value is -4.20. The van der Waals surface area contributed by atoms with Crippen LogP contribution >= 0.6 is 0 Å². The van der Waals surface area contributed by atoms with E-state index < -0.39 is 0 Å². The number of nitrogens with zero attached hydrogens (tertiary/aromatic N) is 3. The molecule has 3 aromatic carbocycles. The molecule has 0 bridgehead atoms. The number of hydrogen-bond donors (Lipinski definition) is 0. The quantitative estimate of drug-likeness (QED) is 0.229. The number of aromatic nitrogens is 3. The highest BCUT2D eigenvalue weighted by Crippen LogP contribution is 2.29. The van der Waals surface area contributed by atoms with Crippen molar-refractivity contribution in [2.75, 3.05) is 7.11 Å². The summed E-state index contributed by atoms with van der Waals surface area (Å²) in [5.41, 5.74) is 4.12. The van der Waals surface area contributed by atoms with Crippen LogP contribution in [0.2, 0.25) is 0 Å². The van der Waals surface area contributed by atoms with Crippen molar-refractivity contribution in [2.45, 2.75) is 38.6 Å². The molecule has 0 radical (unpaired) electrons. The van der Waals surface area contributed by atoms with Gasteiger partial charge in [0.25, 0.3) is 0 Å². The third-order valence-electron chi connectivity index (χ3n) is 6.99. The molecule has 38 heavy (non-hydrogen) atoms. The Morgan fingerprint density at radius 2 is 1.53 bits per heavy atom. The molecule has 1 aromatic heterocycles. The normalized spacial score (nSPS) is 15.0. The molecule has 4 aromatic rings. The lowest BCUT2D eigenvalue weighted by atomic mass is 9.94. The Kier molecular flexibility index (Phi) is 7.40. The van der Waals surface area contributed by atoms with Gasteiger partial charge in [-0.1, -0.05) is 6.07 Å². The highest BCUT2D eigenvalue weighted by molar-refractivity contribution is 5.89. The molecule has 0 N–H and O–H groups in total. The first-order valence-electron chi connectivity index (χ1n) is 12.6. The number of ether oxygens (including phenoxy) is 1. The molecule has 1 heterocycles. The minimum Gasteiger partial charge on any atom is -0.465 e. The lowest BCUT2D eigenvalue weighted by Crippen LogP contribution is -2.17. The van der Waals surface area contributed by atoms with Crippen LogP contribution in [0, 0.1) is 17.6 Å². The molecule has 1 atom stereocenters. The van der Waals surface area contributed by atoms with Crippen molar-refractivity contribution in [1.29, 1.82) is 0 Å². The van der Waals surface area contributed by atoms with Gasteiger partial charge in [0, 0.05) is 17.5 Å². The minimum absolute atomic E-state index is 0.0233. The summed E-state index contributed by atoms with van der Waals surface area (Å²) >= 11 is 0. The second-order valence-electron chi connectivity index (χ2n) is 9.59. The molecular formula is C30H27F2N3O3. The van der Waals surface area contributed by atoms with Crippen LogP contribution in [-0.4, -0.2) is 33.6 Å². The number of aryl methyl sites for hydroxylation is 2. The molecule has 0 saturated heterocycles. The SMILES string of the molecule is COC(=O)c1ccc2c(c1)CCC(CC(=O)Cn1nc(-c3ccc(F)cc3)nc1-c1ccc(F)cc1)CC2. The van der Waals surface area contributed by atoms with Gasteiger partial charge in [0.2, 0.25) is 0 Å². The van der Waals surface area contributed by atoms with Gasteiger partial charge in [-0.05, 0) is 103 Å². The van der Waals surface area contributed by atoms with E-state index in [0.29, 0.717) is 34.8 Å². The monoisotopic (exact) mass is 515 g/mol. The van der Waals surface area contributed by atoms with Gasteiger partial charge in [0.05, 0.1) is 12.7 Å². The lowest BCUT2D eigenvalue weighted by molar-refractivity contribution is -0.120. The fourth-order valence-electron chi connectivity index (χ4n) is 4.95. The summed E-state index contributed by atoms with van der Waals surface area (Å²) in [5, 5.41) is 4.55. The number of ketones is 1. The van der Waals surface area contributed by atoms with Gasteiger partial charge >= 0.3 is 5.97 Å². The van der Waals surface area contributed by atoms with Crippen LogP contribution < -0.4 is 0 Å². The van der Waals surface area contributed by atoms with E-state index in [2.05, 4.69) is 10.1 Å². The van der Waals surface area contributed by atoms with Crippen molar-refractivity contribution in [2.24, 2.45) is 5.92 Å². The number of hydrogen-bond acceptors (Lipinski definition) is 5. The summed E-state index contributed by atoms with van der Waals surface area (Å²) in [6.45, 7) is 0.0246. The van der Waals surface area contributed by atoms with Crippen LogP contribution in [0.5, 0.6) is 0 Å². The fraction of sp³-hybridized carbons (Fsp3) is 0.267. The molecule has 0 saturated carbocycles. The van der Waals surface area contributed by atoms with Crippen molar-refractivity contribution >= 4 is 11.8 Å². The average Bonchev–Trinajstić information content (AvgIpc) is 3.23. The molecule has 0 amide bonds. The van der Waals surface area contributed by atoms with Crippen molar-refractivity contribution in [3.05, 3.63) is 95.1 Å². The molecule has 1 aliphatic rings. The topological polar surface area (TPSA) is 74.1 Å². The van der Waals surface area contributed by atoms with E-state index in [-0.39, 0.29) is 35.8 Å². The maximum atomic E-state index is 13.5. The highest BCUT2D eigenvalue weighted by Gasteiger charge is 2.22. The third-order valence-corrected chi connectivity index (χ3v) is 6.99. The van der Waals surface area contributed by atoms with Crippen LogP contribution in [0.4, 0.5) is 8.78 Å². The summed E-state index contributed by atoms with van der Waals surface area (Å²) in [6.07, 6.45) is 3.74. The summed E-state index contributed by atoms with van der Waals surface area (Å²) in [7, 11) is 1.37. The van der Waals surface area contributed by atoms with Gasteiger partial charge < -0.3 is 4.74 Å². The van der Waals surface area contributed by atoms with E-state index in [1.807, 2.05) is 12.1 Å². The van der Waals surface area contributed by atoms with Crippen LogP contribution in [0.25, 0.3) is 22.8 Å². The van der Waals surface area contributed by atoms with Crippen molar-refractivity contribution in [3.8, 4) is 22.8 Å². The van der Waals surface area contributed by atoms with Crippen LogP contribution in [0.3, 0.4) is 0 Å². The molecular weight excluding hydrogens is 488 g/mol. The fourth-order valence-corrected chi connectivity index (χ4v) is 4.95. The standard InChI is InChI=1S/C30H27F2N3O3/c1-38-30(37)24-7-6-20-4-2-19(3-5-23(20)17-24)16-27(36)18-35-29(22-10-14-26(32)15-11-22)33-28(34-35)21-8-12-25(31)13-9-21/h6-15,17,19H,2-5,16,18H2,1H3. The zero-order valence-electron chi connectivity index (χ0n) is 21.0. The Balaban J connectivity index is 1.32. The number of Topliss-reactive ketones (excluding diaryl/α,β-unsaturated/α-hetero) is 1. The second kappa shape index (κ2) is 11.0. The summed E-state index contributed by atoms with van der Waals surface area (Å²) in [6, 6.07) is 17.4. The molecule has 194 valence electrons. The van der Waals surface area contributed by atoms with Gasteiger partial charge in [-0.3, -0.25) is 4.79 Å². The van der Waals surface area contributed by atoms with E-state index in [4.69, 9.17) is 4.74 Å². The van der Waals surface area contributed by atoms with E-state index in [0.717, 1.165) is 31.2 Å². The van der Waals surface area contributed by atoms with Crippen LogP contribution in [-0.2, 0) is 28.9 Å². The number of fused-ring (bicyclic) bond motifs is 1. The van der Waals surface area contributed by atoms with Gasteiger partial charge in [0.1, 0.15) is 18.2 Å². The molecule has 1 aliphatic carbocycles. The molecule has 8 heteroatoms. The molecule has 6 nitrogen and oxygen atoms in total. The van der Waals surface area contributed by atoms with Crippen molar-refractivity contribution in [3.63, 3.8) is 0 Å². The maximum Gasteiger partial charge on any atom is 0.337 e. The maximum absolute atomic E-state index is 13.5. The van der Waals surface area contributed by atoms with Gasteiger partial charge in [-0.25, -0.2) is 23.2 Å². The predicted octanol–water partition coefficient (Wildman–Crippen LogP) is 5.83. The first kappa shape index (κ1) is 25.4. The highest BCUT2D eigenvalue weighted by atomic mass is 19.1. The number of rotatable bonds is 7. The Morgan fingerprint density at radius 1 is 0.895 bits per heavy atom. The summed E-state index contributed by atoms with van der Waals surface area (Å²) < 4.78 is 33.3. The number of carbonyl (C=O) groups excluding carboxylic acids is 2. The van der Waals surface area contributed by atoms with E-state index in [1.54, 1.807) is 35.0 Å². The molecule has 1 unspecified atom stereocenters. The zero-order chi connectivity index (χ0) is 26.6. The number of methoxy groups -OCH3 is 1. The lowest BCUT2D eigenvalue weighted by Gasteiger charge is -2.13. The first-order chi connectivity index (χ1) is 18.4. The van der Waals surface area contributed by atoms with Crippen LogP contribution in [0.15, 0.2) is 66.7 Å². The average molecular weight is 516 g/mol. The third kappa shape index (κ3) is 5.69. The van der Waals surface area contributed by atoms with Gasteiger partial charge in [-0.2, -0.15) is 0 Å². The molecule has 0 aliphatic heterocycles. The molecule has 5 rings (SSSR count). The smallest absolute Gasteiger partial charge is 0.337 e. The van der Waals surface area contributed by atoms with Gasteiger partial charge in [0.15, 0.2) is 17.4 Å². The van der Waals surface area contributed by atoms with Crippen LogP contribution in [0.1, 0.15) is 40.7 Å². The number of halogens is 2. The van der Waals surface area contributed by atoms with E-state index >= 15 is 0 Å². The Morgan fingerprint density at radius 3 is 2.18 bits per heavy atom. The second-order valence-corrected chi connectivity index (χ2v) is 9.59. The van der Waals surface area contributed by atoms with Crippen molar-refractivity contribution in [1.82, 2.24) is 14.8 Å². The Bertz CT molecular complexity index is 1460. The summed E-state index contributed by atoms with van der Waals surface area (Å²) in [4.78, 5) is 29.7. The summed E-state index contributed by atoms with van der Waals surface area (Å²) in [5.74, 6) is -0.0591. The largest absolute Gasteiger partial charge is 0.465 e. The number of benzene rings is 3.